The van der Waals surface area contributed by atoms with Crippen molar-refractivity contribution in [3.8, 4) is 11.4 Å². The van der Waals surface area contributed by atoms with Crippen LogP contribution in [0.3, 0.4) is 0 Å². The van der Waals surface area contributed by atoms with Crippen LogP contribution in [0.1, 0.15) is 12.1 Å². The molecule has 114 valence electrons. The Morgan fingerprint density at radius 1 is 1.41 bits per heavy atom. The molecule has 1 saturated heterocycles. The molecule has 1 fully saturated rings. The van der Waals surface area contributed by atoms with Crippen LogP contribution in [0.25, 0.3) is 22.3 Å². The lowest BCUT2D eigenvalue weighted by Gasteiger charge is -2.27. The molecule has 0 spiro atoms. The third-order valence-electron chi connectivity index (χ3n) is 4.02. The maximum Gasteiger partial charge on any atom is 0.439 e. The summed E-state index contributed by atoms with van der Waals surface area (Å²) in [4.78, 5) is 13.7. The van der Waals surface area contributed by atoms with Crippen LogP contribution in [0, 0.1) is 0 Å². The second-order valence-corrected chi connectivity index (χ2v) is 5.65. The van der Waals surface area contributed by atoms with Crippen LogP contribution in [0.2, 0.25) is 0 Å². The Balaban J connectivity index is 1.82. The molecule has 6 nitrogen and oxygen atoms in total. The molecule has 2 aromatic heterocycles. The Morgan fingerprint density at radius 3 is 2.91 bits per heavy atom. The lowest BCUT2D eigenvalue weighted by Crippen LogP contribution is -2.31. The number of ether oxygens (including phenoxy) is 1. The molecule has 0 radical (unpaired) electrons. The molecular formula is C15H14ClN3O3. The highest BCUT2D eigenvalue weighted by Gasteiger charge is 2.21. The van der Waals surface area contributed by atoms with Gasteiger partial charge < -0.3 is 9.30 Å². The van der Waals surface area contributed by atoms with Crippen molar-refractivity contribution in [2.45, 2.75) is 24.9 Å². The predicted molar refractivity (Wildman–Crippen MR) is 82.0 cm³/mol. The van der Waals surface area contributed by atoms with E-state index in [1.807, 2.05) is 18.2 Å². The molecule has 1 N–H and O–H groups in total. The quantitative estimate of drug-likeness (QED) is 0.750. The number of benzene rings is 1. The van der Waals surface area contributed by atoms with Crippen molar-refractivity contribution in [3.05, 3.63) is 40.5 Å². The number of nitrogens with one attached hydrogen (secondary N) is 1. The van der Waals surface area contributed by atoms with E-state index in [4.69, 9.17) is 16.3 Å². The molecule has 22 heavy (non-hydrogen) atoms. The van der Waals surface area contributed by atoms with Crippen molar-refractivity contribution < 1.29 is 9.26 Å². The molecule has 7 heteroatoms. The lowest BCUT2D eigenvalue weighted by atomic mass is 10.1. The zero-order valence-electron chi connectivity index (χ0n) is 11.7. The molecular weight excluding hydrogens is 306 g/mol. The lowest BCUT2D eigenvalue weighted by molar-refractivity contribution is -0.0588. The molecule has 0 saturated carbocycles. The molecule has 4 rings (SSSR count). The smallest absolute Gasteiger partial charge is 0.376 e. The van der Waals surface area contributed by atoms with Crippen molar-refractivity contribution >= 4 is 22.5 Å². The molecule has 3 heterocycles. The van der Waals surface area contributed by atoms with E-state index in [0.717, 1.165) is 41.7 Å². The summed E-state index contributed by atoms with van der Waals surface area (Å²) in [5, 5.41) is 4.84. The largest absolute Gasteiger partial charge is 0.439 e. The summed E-state index contributed by atoms with van der Waals surface area (Å²) in [6.45, 7) is 1.61. The highest BCUT2D eigenvalue weighted by Crippen LogP contribution is 2.27. The highest BCUT2D eigenvalue weighted by molar-refractivity contribution is 6.17. The molecule has 0 bridgehead atoms. The number of hydrogen-bond donors (Lipinski definition) is 1. The van der Waals surface area contributed by atoms with Crippen molar-refractivity contribution in [2.75, 3.05) is 6.61 Å². The summed E-state index contributed by atoms with van der Waals surface area (Å²) in [6, 6.07) is 7.96. The van der Waals surface area contributed by atoms with Gasteiger partial charge in [0.25, 0.3) is 0 Å². The second kappa shape index (κ2) is 5.30. The summed E-state index contributed by atoms with van der Waals surface area (Å²) in [5.41, 5.74) is 2.90. The second-order valence-electron chi connectivity index (χ2n) is 5.38. The van der Waals surface area contributed by atoms with Crippen LogP contribution in [-0.4, -0.2) is 27.4 Å². The van der Waals surface area contributed by atoms with Gasteiger partial charge in [-0.05, 0) is 23.9 Å². The monoisotopic (exact) mass is 319 g/mol. The minimum Gasteiger partial charge on any atom is -0.376 e. The fraction of sp³-hybridized carbons (Fsp3) is 0.333. The molecule has 0 amide bonds. The fourth-order valence-corrected chi connectivity index (χ4v) is 2.99. The number of aromatic nitrogens is 3. The van der Waals surface area contributed by atoms with Crippen LogP contribution in [0.4, 0.5) is 0 Å². The minimum absolute atomic E-state index is 0.244. The van der Waals surface area contributed by atoms with Crippen LogP contribution < -0.4 is 5.76 Å². The first-order chi connectivity index (χ1) is 10.7. The SMILES string of the molecule is O=c1[nH]c(-c2ccc3cc(CCl)n(C[C@@H]4CCO4)c3c2)no1. The summed E-state index contributed by atoms with van der Waals surface area (Å²) < 4.78 is 12.3. The molecule has 1 aliphatic rings. The maximum atomic E-state index is 11.1. The van der Waals surface area contributed by atoms with Gasteiger partial charge in [-0.2, -0.15) is 0 Å². The standard InChI is InChI=1S/C15H14ClN3O3/c16-7-11-5-9-1-2-10(14-17-15(20)22-18-14)6-13(9)19(11)8-12-3-4-21-12/h1-2,5-6,12H,3-4,7-8H2,(H,17,18,20)/t12-/m0/s1. The number of aromatic amines is 1. The first kappa shape index (κ1) is 13.6. The molecule has 1 aliphatic heterocycles. The van der Waals surface area contributed by atoms with Gasteiger partial charge in [-0.1, -0.05) is 17.3 Å². The maximum absolute atomic E-state index is 11.1. The number of rotatable bonds is 4. The Bertz CT molecular complexity index is 876. The van der Waals surface area contributed by atoms with E-state index in [0.29, 0.717) is 11.7 Å². The van der Waals surface area contributed by atoms with E-state index < -0.39 is 5.76 Å². The molecule has 3 aromatic rings. The average molecular weight is 320 g/mol. The van der Waals surface area contributed by atoms with Gasteiger partial charge in [0.15, 0.2) is 5.82 Å². The van der Waals surface area contributed by atoms with Gasteiger partial charge in [-0.3, -0.25) is 9.51 Å². The normalized spacial score (nSPS) is 17.8. The average Bonchev–Trinajstić information content (AvgIpc) is 3.05. The van der Waals surface area contributed by atoms with Crippen LogP contribution in [0.5, 0.6) is 0 Å². The van der Waals surface area contributed by atoms with Crippen LogP contribution >= 0.6 is 11.6 Å². The molecule has 1 aromatic carbocycles. The van der Waals surface area contributed by atoms with Gasteiger partial charge >= 0.3 is 5.76 Å². The van der Waals surface area contributed by atoms with Gasteiger partial charge in [0, 0.05) is 29.9 Å². The Morgan fingerprint density at radius 2 is 2.27 bits per heavy atom. The van der Waals surface area contributed by atoms with Gasteiger partial charge in [0.2, 0.25) is 0 Å². The third-order valence-corrected chi connectivity index (χ3v) is 4.29. The molecule has 0 aliphatic carbocycles. The Hall–Kier alpha value is -2.05. The van der Waals surface area contributed by atoms with Crippen LogP contribution in [0.15, 0.2) is 33.6 Å². The number of nitrogens with zero attached hydrogens (tertiary/aromatic N) is 2. The van der Waals surface area contributed by atoms with E-state index in [1.54, 1.807) is 0 Å². The van der Waals surface area contributed by atoms with Gasteiger partial charge in [-0.15, -0.1) is 11.6 Å². The number of alkyl halides is 1. The van der Waals surface area contributed by atoms with Gasteiger partial charge in [0.05, 0.1) is 12.0 Å². The fourth-order valence-electron chi connectivity index (χ4n) is 2.77. The minimum atomic E-state index is -0.560. The number of hydrogen-bond acceptors (Lipinski definition) is 4. The van der Waals surface area contributed by atoms with Crippen molar-refractivity contribution in [2.24, 2.45) is 0 Å². The van der Waals surface area contributed by atoms with E-state index in [-0.39, 0.29) is 6.10 Å². The van der Waals surface area contributed by atoms with Crippen molar-refractivity contribution in [1.29, 1.82) is 0 Å². The first-order valence-electron chi connectivity index (χ1n) is 7.10. The Kier molecular flexibility index (Phi) is 3.28. The summed E-state index contributed by atoms with van der Waals surface area (Å²) in [7, 11) is 0. The number of fused-ring (bicyclic) bond motifs is 1. The van der Waals surface area contributed by atoms with Gasteiger partial charge in [0.1, 0.15) is 0 Å². The van der Waals surface area contributed by atoms with Gasteiger partial charge in [-0.25, -0.2) is 4.79 Å². The summed E-state index contributed by atoms with van der Waals surface area (Å²) in [6.07, 6.45) is 1.31. The highest BCUT2D eigenvalue weighted by atomic mass is 35.5. The molecule has 0 unspecified atom stereocenters. The summed E-state index contributed by atoms with van der Waals surface area (Å²) in [5.74, 6) is 0.305. The predicted octanol–water partition coefficient (Wildman–Crippen LogP) is 2.51. The zero-order chi connectivity index (χ0) is 15.1. The van der Waals surface area contributed by atoms with E-state index >= 15 is 0 Å². The van der Waals surface area contributed by atoms with Crippen LogP contribution in [-0.2, 0) is 17.2 Å². The van der Waals surface area contributed by atoms with E-state index in [9.17, 15) is 4.79 Å². The number of halogens is 1. The zero-order valence-corrected chi connectivity index (χ0v) is 12.5. The Labute approximate surface area is 130 Å². The van der Waals surface area contributed by atoms with E-state index in [2.05, 4.69) is 25.3 Å². The first-order valence-corrected chi connectivity index (χ1v) is 7.64. The molecule has 1 atom stereocenters. The number of H-pyrrole nitrogens is 1. The van der Waals surface area contributed by atoms with Crippen molar-refractivity contribution in [3.63, 3.8) is 0 Å². The van der Waals surface area contributed by atoms with Crippen molar-refractivity contribution in [1.82, 2.24) is 14.7 Å². The summed E-state index contributed by atoms with van der Waals surface area (Å²) >= 11 is 6.07. The third kappa shape index (κ3) is 2.24. The topological polar surface area (TPSA) is 73.0 Å². The van der Waals surface area contributed by atoms with E-state index in [1.165, 1.54) is 0 Å².